The molecule has 1 fully saturated rings. The average Bonchev–Trinajstić information content (AvgIpc) is 3.29. The van der Waals surface area contributed by atoms with Crippen molar-refractivity contribution in [3.63, 3.8) is 0 Å². The first-order chi connectivity index (χ1) is 10.7. The molecular formula is C16H18N2O4. The summed E-state index contributed by atoms with van der Waals surface area (Å²) in [4.78, 5) is 16.1. The Morgan fingerprint density at radius 1 is 1.55 bits per heavy atom. The van der Waals surface area contributed by atoms with Crippen molar-refractivity contribution in [3.05, 3.63) is 47.7 Å². The maximum Gasteiger partial charge on any atom is 0.273 e. The minimum Gasteiger partial charge on any atom is -0.497 e. The largest absolute Gasteiger partial charge is 0.497 e. The van der Waals surface area contributed by atoms with Crippen molar-refractivity contribution in [1.29, 1.82) is 0 Å². The van der Waals surface area contributed by atoms with Crippen LogP contribution < -0.4 is 10.1 Å². The van der Waals surface area contributed by atoms with E-state index < -0.39 is 6.10 Å². The van der Waals surface area contributed by atoms with E-state index in [1.165, 1.54) is 6.39 Å². The van der Waals surface area contributed by atoms with Gasteiger partial charge in [0.25, 0.3) is 5.91 Å². The molecule has 1 aliphatic rings. The van der Waals surface area contributed by atoms with E-state index in [1.54, 1.807) is 31.4 Å². The molecule has 0 radical (unpaired) electrons. The SMILES string of the molecule is COc1cccc(C(O)CNC(=O)c2ncoc2C2CC2)c1. The molecule has 1 aliphatic carbocycles. The van der Waals surface area contributed by atoms with Gasteiger partial charge >= 0.3 is 0 Å². The second-order valence-electron chi connectivity index (χ2n) is 5.34. The van der Waals surface area contributed by atoms with Gasteiger partial charge in [0.1, 0.15) is 11.5 Å². The lowest BCUT2D eigenvalue weighted by atomic mass is 10.1. The van der Waals surface area contributed by atoms with Gasteiger partial charge < -0.3 is 19.6 Å². The molecule has 1 unspecified atom stereocenters. The van der Waals surface area contributed by atoms with Gasteiger partial charge in [0.05, 0.1) is 13.2 Å². The van der Waals surface area contributed by atoms with Crippen LogP contribution in [0.1, 0.15) is 46.7 Å². The van der Waals surface area contributed by atoms with Crippen LogP contribution in [-0.2, 0) is 0 Å². The highest BCUT2D eigenvalue weighted by Gasteiger charge is 2.32. The Bertz CT molecular complexity index is 664. The van der Waals surface area contributed by atoms with Crippen molar-refractivity contribution in [3.8, 4) is 5.75 Å². The summed E-state index contributed by atoms with van der Waals surface area (Å²) in [5.74, 6) is 1.30. The third-order valence-electron chi connectivity index (χ3n) is 3.69. The van der Waals surface area contributed by atoms with E-state index in [9.17, 15) is 9.90 Å². The zero-order valence-electron chi connectivity index (χ0n) is 12.3. The van der Waals surface area contributed by atoms with E-state index in [1.807, 2.05) is 0 Å². The molecule has 0 aliphatic heterocycles. The first-order valence-electron chi connectivity index (χ1n) is 7.22. The van der Waals surface area contributed by atoms with Gasteiger partial charge in [0.2, 0.25) is 0 Å². The highest BCUT2D eigenvalue weighted by molar-refractivity contribution is 5.93. The number of nitrogens with one attached hydrogen (secondary N) is 1. The number of oxazole rings is 1. The molecule has 6 heteroatoms. The number of carbonyl (C=O) groups excluding carboxylic acids is 1. The number of aromatic nitrogens is 1. The van der Waals surface area contributed by atoms with Gasteiger partial charge in [-0.25, -0.2) is 4.98 Å². The number of benzene rings is 1. The lowest BCUT2D eigenvalue weighted by molar-refractivity contribution is 0.0910. The number of amides is 1. The third kappa shape index (κ3) is 3.12. The zero-order chi connectivity index (χ0) is 15.5. The normalized spacial score (nSPS) is 15.4. The maximum absolute atomic E-state index is 12.1. The minimum atomic E-state index is -0.810. The highest BCUT2D eigenvalue weighted by atomic mass is 16.5. The van der Waals surface area contributed by atoms with Gasteiger partial charge in [-0.2, -0.15) is 0 Å². The first kappa shape index (κ1) is 14.6. The molecule has 0 bridgehead atoms. The Morgan fingerprint density at radius 2 is 2.36 bits per heavy atom. The monoisotopic (exact) mass is 302 g/mol. The highest BCUT2D eigenvalue weighted by Crippen LogP contribution is 2.41. The molecule has 0 saturated heterocycles. The van der Waals surface area contributed by atoms with Crippen molar-refractivity contribution in [2.24, 2.45) is 0 Å². The van der Waals surface area contributed by atoms with Crippen molar-refractivity contribution in [2.75, 3.05) is 13.7 Å². The molecular weight excluding hydrogens is 284 g/mol. The summed E-state index contributed by atoms with van der Waals surface area (Å²) in [5.41, 5.74) is 1.00. The van der Waals surface area contributed by atoms with Crippen LogP contribution in [0.25, 0.3) is 0 Å². The number of methoxy groups -OCH3 is 1. The standard InChI is InChI=1S/C16H18N2O4/c1-21-12-4-2-3-11(7-12)13(19)8-17-16(20)14-15(10-5-6-10)22-9-18-14/h2-4,7,9-10,13,19H,5-6,8H2,1H3,(H,17,20). The molecule has 1 saturated carbocycles. The Kier molecular flexibility index (Phi) is 4.11. The molecule has 1 heterocycles. The van der Waals surface area contributed by atoms with Crippen molar-refractivity contribution in [2.45, 2.75) is 24.9 Å². The molecule has 1 aromatic carbocycles. The van der Waals surface area contributed by atoms with E-state index >= 15 is 0 Å². The number of rotatable bonds is 6. The maximum atomic E-state index is 12.1. The Hall–Kier alpha value is -2.34. The number of hydrogen-bond acceptors (Lipinski definition) is 5. The first-order valence-corrected chi connectivity index (χ1v) is 7.22. The van der Waals surface area contributed by atoms with Crippen molar-refractivity contribution in [1.82, 2.24) is 10.3 Å². The lowest BCUT2D eigenvalue weighted by Crippen LogP contribution is -2.29. The van der Waals surface area contributed by atoms with Gasteiger partial charge in [-0.3, -0.25) is 4.79 Å². The summed E-state index contributed by atoms with van der Waals surface area (Å²) in [5, 5.41) is 12.9. The summed E-state index contributed by atoms with van der Waals surface area (Å²) in [7, 11) is 1.57. The van der Waals surface area contributed by atoms with Crippen molar-refractivity contribution >= 4 is 5.91 Å². The molecule has 1 atom stereocenters. The second kappa shape index (κ2) is 6.19. The predicted molar refractivity (Wildman–Crippen MR) is 78.8 cm³/mol. The zero-order valence-corrected chi connectivity index (χ0v) is 12.3. The molecule has 6 nitrogen and oxygen atoms in total. The summed E-state index contributed by atoms with van der Waals surface area (Å²) in [6.45, 7) is 0.100. The predicted octanol–water partition coefficient (Wildman–Crippen LogP) is 2.02. The van der Waals surface area contributed by atoms with E-state index in [-0.39, 0.29) is 12.5 Å². The van der Waals surface area contributed by atoms with Gasteiger partial charge in [-0.1, -0.05) is 12.1 Å². The van der Waals surface area contributed by atoms with Crippen LogP contribution in [-0.4, -0.2) is 29.7 Å². The summed E-state index contributed by atoms with van der Waals surface area (Å²) < 4.78 is 10.4. The van der Waals surface area contributed by atoms with Crippen LogP contribution in [0.3, 0.4) is 0 Å². The number of ether oxygens (including phenoxy) is 1. The lowest BCUT2D eigenvalue weighted by Gasteiger charge is -2.13. The smallest absolute Gasteiger partial charge is 0.273 e. The average molecular weight is 302 g/mol. The fraction of sp³-hybridized carbons (Fsp3) is 0.375. The van der Waals surface area contributed by atoms with Gasteiger partial charge in [-0.15, -0.1) is 0 Å². The fourth-order valence-corrected chi connectivity index (χ4v) is 2.30. The number of nitrogens with zero attached hydrogens (tertiary/aromatic N) is 1. The van der Waals surface area contributed by atoms with Crippen LogP contribution in [0.5, 0.6) is 5.75 Å². The van der Waals surface area contributed by atoms with Crippen molar-refractivity contribution < 1.29 is 19.1 Å². The van der Waals surface area contributed by atoms with E-state index in [0.717, 1.165) is 12.8 Å². The van der Waals surface area contributed by atoms with Crippen LogP contribution in [0, 0.1) is 0 Å². The van der Waals surface area contributed by atoms with Gasteiger partial charge in [0, 0.05) is 12.5 Å². The molecule has 1 aromatic heterocycles. The summed E-state index contributed by atoms with van der Waals surface area (Å²) in [6.07, 6.45) is 2.54. The van der Waals surface area contributed by atoms with Crippen LogP contribution in [0.2, 0.25) is 0 Å². The molecule has 22 heavy (non-hydrogen) atoms. The van der Waals surface area contributed by atoms with Crippen LogP contribution in [0.15, 0.2) is 35.1 Å². The second-order valence-corrected chi connectivity index (χ2v) is 5.34. The van der Waals surface area contributed by atoms with Gasteiger partial charge in [0.15, 0.2) is 12.1 Å². The van der Waals surface area contributed by atoms with E-state index in [2.05, 4.69) is 10.3 Å². The Morgan fingerprint density at radius 3 is 3.09 bits per heavy atom. The Labute approximate surface area is 128 Å². The quantitative estimate of drug-likeness (QED) is 0.853. The minimum absolute atomic E-state index is 0.100. The molecule has 2 aromatic rings. The number of carbonyl (C=O) groups is 1. The van der Waals surface area contributed by atoms with E-state index in [4.69, 9.17) is 9.15 Å². The Balaban J connectivity index is 1.61. The summed E-state index contributed by atoms with van der Waals surface area (Å²) >= 11 is 0. The van der Waals surface area contributed by atoms with Crippen LogP contribution in [0.4, 0.5) is 0 Å². The third-order valence-corrected chi connectivity index (χ3v) is 3.69. The topological polar surface area (TPSA) is 84.6 Å². The molecule has 1 amide bonds. The van der Waals surface area contributed by atoms with E-state index in [0.29, 0.717) is 28.7 Å². The molecule has 116 valence electrons. The van der Waals surface area contributed by atoms with Gasteiger partial charge in [-0.05, 0) is 30.5 Å². The molecule has 3 rings (SSSR count). The molecule has 0 spiro atoms. The molecule has 2 N–H and O–H groups in total. The summed E-state index contributed by atoms with van der Waals surface area (Å²) in [6, 6.07) is 7.11. The van der Waals surface area contributed by atoms with Crippen LogP contribution >= 0.6 is 0 Å². The number of aliphatic hydroxyl groups is 1. The number of aliphatic hydroxyl groups excluding tert-OH is 1. The fourth-order valence-electron chi connectivity index (χ4n) is 2.30. The number of hydrogen-bond donors (Lipinski definition) is 2.